The van der Waals surface area contributed by atoms with Gasteiger partial charge in [0.25, 0.3) is 10.0 Å². The molecule has 1 aromatic rings. The van der Waals surface area contributed by atoms with Crippen LogP contribution in [0.5, 0.6) is 0 Å². The van der Waals surface area contributed by atoms with Crippen molar-refractivity contribution in [2.75, 3.05) is 26.3 Å². The molecule has 1 aromatic heterocycles. The van der Waals surface area contributed by atoms with Crippen molar-refractivity contribution in [1.29, 1.82) is 0 Å². The summed E-state index contributed by atoms with van der Waals surface area (Å²) < 4.78 is 31.4. The monoisotopic (exact) mass is 282 g/mol. The zero-order valence-corrected chi connectivity index (χ0v) is 11.0. The van der Waals surface area contributed by atoms with Gasteiger partial charge in [0.05, 0.1) is 18.9 Å². The first-order valence-electron chi connectivity index (χ1n) is 4.72. The van der Waals surface area contributed by atoms with Crippen LogP contribution in [0.4, 0.5) is 0 Å². The predicted molar refractivity (Wildman–Crippen MR) is 61.4 cm³/mol. The van der Waals surface area contributed by atoms with Gasteiger partial charge in [-0.15, -0.1) is 0 Å². The van der Waals surface area contributed by atoms with Crippen LogP contribution in [0.3, 0.4) is 0 Å². The number of hydrogen-bond acceptors (Lipinski definition) is 5. The van der Waals surface area contributed by atoms with Crippen LogP contribution in [0.25, 0.3) is 0 Å². The third-order valence-electron chi connectivity index (χ3n) is 2.27. The van der Waals surface area contributed by atoms with E-state index in [1.54, 1.807) is 6.92 Å². The Balaban J connectivity index is 2.34. The molecule has 0 atom stereocenters. The van der Waals surface area contributed by atoms with E-state index in [2.05, 4.69) is 4.98 Å². The molecule has 0 spiro atoms. The molecule has 0 unspecified atom stereocenters. The Kier molecular flexibility index (Phi) is 3.50. The van der Waals surface area contributed by atoms with E-state index in [4.69, 9.17) is 16.3 Å². The van der Waals surface area contributed by atoms with Crippen LogP contribution in [0.2, 0.25) is 4.47 Å². The van der Waals surface area contributed by atoms with Crippen molar-refractivity contribution in [3.63, 3.8) is 0 Å². The lowest BCUT2D eigenvalue weighted by molar-refractivity contribution is 0.0731. The van der Waals surface area contributed by atoms with E-state index in [9.17, 15) is 8.42 Å². The largest absolute Gasteiger partial charge is 0.379 e. The van der Waals surface area contributed by atoms with Crippen LogP contribution in [0.1, 0.15) is 5.69 Å². The molecule has 0 radical (unpaired) electrons. The fourth-order valence-corrected chi connectivity index (χ4v) is 4.78. The quantitative estimate of drug-likeness (QED) is 0.816. The van der Waals surface area contributed by atoms with E-state index in [0.29, 0.717) is 32.0 Å². The van der Waals surface area contributed by atoms with Crippen LogP contribution in [0, 0.1) is 6.92 Å². The maximum atomic E-state index is 12.2. The van der Waals surface area contributed by atoms with E-state index < -0.39 is 10.0 Å². The lowest BCUT2D eigenvalue weighted by Crippen LogP contribution is -2.40. The number of morpholine rings is 1. The number of rotatable bonds is 2. The van der Waals surface area contributed by atoms with Gasteiger partial charge < -0.3 is 4.74 Å². The molecule has 0 amide bonds. The van der Waals surface area contributed by atoms with E-state index in [0.717, 1.165) is 11.3 Å². The number of halogens is 1. The highest BCUT2D eigenvalue weighted by molar-refractivity contribution is 7.91. The highest BCUT2D eigenvalue weighted by atomic mass is 35.5. The summed E-state index contributed by atoms with van der Waals surface area (Å²) in [5, 5.41) is 0. The van der Waals surface area contributed by atoms with Crippen molar-refractivity contribution in [1.82, 2.24) is 9.29 Å². The van der Waals surface area contributed by atoms with Gasteiger partial charge >= 0.3 is 0 Å². The van der Waals surface area contributed by atoms with Gasteiger partial charge in [0, 0.05) is 13.1 Å². The Bertz CT molecular complexity index is 479. The van der Waals surface area contributed by atoms with Crippen molar-refractivity contribution < 1.29 is 13.2 Å². The molecule has 2 rings (SSSR count). The van der Waals surface area contributed by atoms with Gasteiger partial charge in [0.2, 0.25) is 0 Å². The Morgan fingerprint density at radius 3 is 2.56 bits per heavy atom. The van der Waals surface area contributed by atoms with Gasteiger partial charge in [-0.1, -0.05) is 22.9 Å². The summed E-state index contributed by atoms with van der Waals surface area (Å²) in [5.41, 5.74) is 0.460. The van der Waals surface area contributed by atoms with Crippen LogP contribution < -0.4 is 0 Å². The van der Waals surface area contributed by atoms with Crippen LogP contribution in [-0.4, -0.2) is 44.0 Å². The van der Waals surface area contributed by atoms with Crippen molar-refractivity contribution >= 4 is 33.0 Å². The third kappa shape index (κ3) is 2.23. The maximum absolute atomic E-state index is 12.2. The van der Waals surface area contributed by atoms with Gasteiger partial charge in [0.1, 0.15) is 0 Å². The molecule has 0 aliphatic carbocycles. The smallest absolute Gasteiger partial charge is 0.254 e. The highest BCUT2D eigenvalue weighted by Crippen LogP contribution is 2.29. The Hall–Kier alpha value is -0.210. The number of ether oxygens (including phenoxy) is 1. The lowest BCUT2D eigenvalue weighted by Gasteiger charge is -2.25. The predicted octanol–water partition coefficient (Wildman–Crippen LogP) is 1.13. The van der Waals surface area contributed by atoms with Crippen molar-refractivity contribution in [3.8, 4) is 0 Å². The van der Waals surface area contributed by atoms with Crippen LogP contribution in [0.15, 0.2) is 4.21 Å². The Morgan fingerprint density at radius 2 is 2.06 bits per heavy atom. The van der Waals surface area contributed by atoms with Gasteiger partial charge in [-0.25, -0.2) is 13.4 Å². The second kappa shape index (κ2) is 4.58. The summed E-state index contributed by atoms with van der Waals surface area (Å²) in [6.07, 6.45) is 0. The first-order chi connectivity index (χ1) is 7.51. The maximum Gasteiger partial charge on any atom is 0.254 e. The number of aryl methyl sites for hydroxylation is 1. The summed E-state index contributed by atoms with van der Waals surface area (Å²) in [6.45, 7) is 3.29. The number of nitrogens with zero attached hydrogens (tertiary/aromatic N) is 2. The summed E-state index contributed by atoms with van der Waals surface area (Å²) in [6, 6.07) is 0. The first kappa shape index (κ1) is 12.3. The fraction of sp³-hybridized carbons (Fsp3) is 0.625. The molecular formula is C8H11ClN2O3S2. The van der Waals surface area contributed by atoms with E-state index in [-0.39, 0.29) is 8.68 Å². The molecule has 1 fully saturated rings. The summed E-state index contributed by atoms with van der Waals surface area (Å²) >= 11 is 6.71. The topological polar surface area (TPSA) is 59.5 Å². The summed E-state index contributed by atoms with van der Waals surface area (Å²) in [4.78, 5) is 3.92. The van der Waals surface area contributed by atoms with Crippen molar-refractivity contribution in [3.05, 3.63) is 10.2 Å². The zero-order valence-electron chi connectivity index (χ0n) is 8.64. The average Bonchev–Trinajstić information content (AvgIpc) is 2.60. The van der Waals surface area contributed by atoms with Gasteiger partial charge in [-0.3, -0.25) is 0 Å². The number of sulfonamides is 1. The fourth-order valence-electron chi connectivity index (χ4n) is 1.49. The standard InChI is InChI=1S/C8H11ClN2O3S2/c1-6-7(15-8(9)10-6)16(12,13)11-2-4-14-5-3-11/h2-5H2,1H3. The molecule has 1 aliphatic heterocycles. The lowest BCUT2D eigenvalue weighted by atomic mass is 10.5. The summed E-state index contributed by atoms with van der Waals surface area (Å²) in [7, 11) is -3.45. The first-order valence-corrected chi connectivity index (χ1v) is 7.36. The zero-order chi connectivity index (χ0) is 11.8. The molecule has 1 aliphatic rings. The van der Waals surface area contributed by atoms with Gasteiger partial charge in [0.15, 0.2) is 8.68 Å². The highest BCUT2D eigenvalue weighted by Gasteiger charge is 2.30. The molecule has 0 N–H and O–H groups in total. The molecule has 0 bridgehead atoms. The van der Waals surface area contributed by atoms with E-state index >= 15 is 0 Å². The molecule has 2 heterocycles. The van der Waals surface area contributed by atoms with Gasteiger partial charge in [-0.05, 0) is 6.92 Å². The second-order valence-electron chi connectivity index (χ2n) is 3.36. The molecule has 8 heteroatoms. The van der Waals surface area contributed by atoms with Crippen molar-refractivity contribution in [2.45, 2.75) is 11.1 Å². The molecule has 1 saturated heterocycles. The SMILES string of the molecule is Cc1nc(Cl)sc1S(=O)(=O)N1CCOCC1. The Labute approximate surface area is 103 Å². The summed E-state index contributed by atoms with van der Waals surface area (Å²) in [5.74, 6) is 0. The molecule has 5 nitrogen and oxygen atoms in total. The third-order valence-corrected chi connectivity index (χ3v) is 6.02. The molecule has 0 saturated carbocycles. The minimum Gasteiger partial charge on any atom is -0.379 e. The number of aromatic nitrogens is 1. The second-order valence-corrected chi connectivity index (χ2v) is 7.07. The van der Waals surface area contributed by atoms with Crippen LogP contribution >= 0.6 is 22.9 Å². The minimum atomic E-state index is -3.45. The molecule has 90 valence electrons. The Morgan fingerprint density at radius 1 is 1.44 bits per heavy atom. The molecule has 0 aromatic carbocycles. The normalized spacial score (nSPS) is 18.9. The minimum absolute atomic E-state index is 0.236. The molecule has 16 heavy (non-hydrogen) atoms. The van der Waals surface area contributed by atoms with Crippen molar-refractivity contribution in [2.24, 2.45) is 0 Å². The van der Waals surface area contributed by atoms with Crippen LogP contribution in [-0.2, 0) is 14.8 Å². The van der Waals surface area contributed by atoms with E-state index in [1.807, 2.05) is 0 Å². The van der Waals surface area contributed by atoms with Gasteiger partial charge in [-0.2, -0.15) is 4.31 Å². The molecular weight excluding hydrogens is 272 g/mol. The number of thiazole rings is 1. The number of hydrogen-bond donors (Lipinski definition) is 0. The average molecular weight is 283 g/mol. The van der Waals surface area contributed by atoms with E-state index in [1.165, 1.54) is 4.31 Å².